The van der Waals surface area contributed by atoms with Crippen molar-refractivity contribution < 1.29 is 24.3 Å². The zero-order valence-corrected chi connectivity index (χ0v) is 14.0. The van der Waals surface area contributed by atoms with E-state index in [0.717, 1.165) is 12.3 Å². The van der Waals surface area contributed by atoms with Crippen LogP contribution in [0.15, 0.2) is 34.9 Å². The molecule has 1 aliphatic heterocycles. The third-order valence-electron chi connectivity index (χ3n) is 3.82. The molecule has 1 saturated heterocycles. The molecule has 1 fully saturated rings. The number of hydrogen-bond donors (Lipinski definition) is 1. The van der Waals surface area contributed by atoms with Gasteiger partial charge < -0.3 is 9.52 Å². The van der Waals surface area contributed by atoms with Gasteiger partial charge in [0.05, 0.1) is 39.7 Å². The predicted molar refractivity (Wildman–Crippen MR) is 91.3 cm³/mol. The van der Waals surface area contributed by atoms with E-state index in [9.17, 15) is 30.3 Å². The molecule has 1 N–H and O–H groups in total. The molecule has 2 aromatic rings. The van der Waals surface area contributed by atoms with Crippen LogP contribution in [-0.2, 0) is 6.54 Å². The molecule has 0 spiro atoms. The average Bonchev–Trinajstić information content (AvgIpc) is 3.29. The smallest absolute Gasteiger partial charge is 0.324 e. The normalized spacial score (nSPS) is 13.6. The molecule has 1 aromatic heterocycles. The van der Waals surface area contributed by atoms with E-state index in [1.807, 2.05) is 12.1 Å². The van der Waals surface area contributed by atoms with Gasteiger partial charge in [0.1, 0.15) is 5.76 Å². The number of nitro groups is 3. The van der Waals surface area contributed by atoms with Crippen molar-refractivity contribution in [3.05, 3.63) is 66.6 Å². The lowest BCUT2D eigenvalue weighted by Gasteiger charge is -2.11. The maximum Gasteiger partial charge on any atom is 0.324 e. The minimum absolute atomic E-state index is 0.447. The van der Waals surface area contributed by atoms with Gasteiger partial charge in [-0.25, -0.2) is 0 Å². The lowest BCUT2D eigenvalue weighted by atomic mass is 10.2. The topological polar surface area (TPSA) is 166 Å². The minimum atomic E-state index is -1.21. The molecule has 0 amide bonds. The van der Waals surface area contributed by atoms with Crippen LogP contribution in [0.25, 0.3) is 0 Å². The third-order valence-corrected chi connectivity index (χ3v) is 3.82. The van der Waals surface area contributed by atoms with E-state index in [0.29, 0.717) is 12.1 Å². The number of likely N-dealkylation sites (tertiary alicyclic amines) is 1. The van der Waals surface area contributed by atoms with Gasteiger partial charge in [-0.05, 0) is 38.1 Å². The first-order chi connectivity index (χ1) is 12.8. The fourth-order valence-corrected chi connectivity index (χ4v) is 2.54. The number of furan rings is 1. The lowest BCUT2D eigenvalue weighted by molar-refractivity contribution is -0.404. The number of rotatable bonds is 5. The van der Waals surface area contributed by atoms with Crippen LogP contribution >= 0.6 is 0 Å². The molecule has 0 unspecified atom stereocenters. The third kappa shape index (κ3) is 5.22. The largest absolute Gasteiger partial charge is 0.497 e. The molecule has 0 bridgehead atoms. The van der Waals surface area contributed by atoms with E-state index in [-0.39, 0.29) is 0 Å². The molecule has 0 saturated carbocycles. The molecular weight excluding hydrogens is 364 g/mol. The van der Waals surface area contributed by atoms with Gasteiger partial charge in [-0.3, -0.25) is 35.2 Å². The number of hydrogen-bond acceptors (Lipinski definition) is 9. The Bertz CT molecular complexity index is 795. The van der Waals surface area contributed by atoms with Gasteiger partial charge in [0.25, 0.3) is 11.4 Å². The highest BCUT2D eigenvalue weighted by Gasteiger charge is 2.30. The van der Waals surface area contributed by atoms with Gasteiger partial charge >= 0.3 is 11.4 Å². The van der Waals surface area contributed by atoms with Crippen LogP contribution in [-0.4, -0.2) is 37.9 Å². The van der Waals surface area contributed by atoms with E-state index in [4.69, 9.17) is 9.52 Å². The molecule has 0 atom stereocenters. The Labute approximate surface area is 152 Å². The number of aromatic hydroxyl groups is 1. The van der Waals surface area contributed by atoms with Gasteiger partial charge in [-0.15, -0.1) is 0 Å². The van der Waals surface area contributed by atoms with Crippen molar-refractivity contribution in [2.24, 2.45) is 0 Å². The zero-order valence-electron chi connectivity index (χ0n) is 14.0. The predicted octanol–water partition coefficient (Wildman–Crippen LogP) is 2.99. The van der Waals surface area contributed by atoms with Crippen LogP contribution in [0.1, 0.15) is 18.6 Å². The Kier molecular flexibility index (Phi) is 6.38. The summed E-state index contributed by atoms with van der Waals surface area (Å²) >= 11 is 0. The highest BCUT2D eigenvalue weighted by molar-refractivity contribution is 5.64. The van der Waals surface area contributed by atoms with E-state index in [2.05, 4.69) is 4.90 Å². The second kappa shape index (κ2) is 8.71. The first-order valence-electron chi connectivity index (χ1n) is 7.84. The van der Waals surface area contributed by atoms with Crippen LogP contribution in [0.5, 0.6) is 5.75 Å². The van der Waals surface area contributed by atoms with E-state index >= 15 is 0 Å². The first-order valence-corrected chi connectivity index (χ1v) is 7.84. The van der Waals surface area contributed by atoms with Crippen LogP contribution in [0.2, 0.25) is 0 Å². The summed E-state index contributed by atoms with van der Waals surface area (Å²) in [7, 11) is 0. The molecule has 12 heteroatoms. The Hall–Kier alpha value is -3.54. The van der Waals surface area contributed by atoms with Crippen LogP contribution < -0.4 is 0 Å². The van der Waals surface area contributed by atoms with Crippen molar-refractivity contribution in [2.75, 3.05) is 13.1 Å². The van der Waals surface area contributed by atoms with Crippen molar-refractivity contribution in [1.82, 2.24) is 4.90 Å². The second-order valence-electron chi connectivity index (χ2n) is 5.67. The minimum Gasteiger partial charge on any atom is -0.497 e. The average molecular weight is 380 g/mol. The summed E-state index contributed by atoms with van der Waals surface area (Å²) in [5.41, 5.74) is -3.00. The highest BCUT2D eigenvalue weighted by atomic mass is 16.6. The molecule has 1 aromatic carbocycles. The number of benzene rings is 1. The fourth-order valence-electron chi connectivity index (χ4n) is 2.54. The molecule has 0 radical (unpaired) electrons. The Morgan fingerprint density at radius 1 is 1.00 bits per heavy atom. The summed E-state index contributed by atoms with van der Waals surface area (Å²) in [6.45, 7) is 3.47. The van der Waals surface area contributed by atoms with E-state index in [1.165, 1.54) is 25.9 Å². The first kappa shape index (κ1) is 19.8. The summed E-state index contributed by atoms with van der Waals surface area (Å²) in [4.78, 5) is 30.2. The van der Waals surface area contributed by atoms with Gasteiger partial charge in [-0.2, -0.15) is 0 Å². The van der Waals surface area contributed by atoms with Crippen LogP contribution in [0, 0.1) is 30.3 Å². The molecular formula is C15H16N4O8. The second-order valence-corrected chi connectivity index (χ2v) is 5.67. The molecule has 27 heavy (non-hydrogen) atoms. The molecule has 12 nitrogen and oxygen atoms in total. The number of nitro benzene ring substituents is 3. The zero-order chi connectivity index (χ0) is 20.0. The highest BCUT2D eigenvalue weighted by Crippen LogP contribution is 2.38. The maximum atomic E-state index is 10.4. The van der Waals surface area contributed by atoms with Crippen molar-refractivity contribution >= 4 is 17.1 Å². The van der Waals surface area contributed by atoms with Gasteiger partial charge in [0, 0.05) is 0 Å². The Morgan fingerprint density at radius 3 is 1.96 bits per heavy atom. The van der Waals surface area contributed by atoms with E-state index in [1.54, 1.807) is 6.26 Å². The Balaban J connectivity index is 0.000000206. The summed E-state index contributed by atoms with van der Waals surface area (Å²) in [5, 5.41) is 40.2. The summed E-state index contributed by atoms with van der Waals surface area (Å²) < 4.78 is 5.25. The molecule has 0 aliphatic carbocycles. The SMILES string of the molecule is O=[N+]([O-])c1cc([N+](=O)[O-])c(O)c([N+](=O)[O-])c1.c1coc(CN2CCCC2)c1. The van der Waals surface area contributed by atoms with Crippen molar-refractivity contribution in [3.8, 4) is 5.75 Å². The van der Waals surface area contributed by atoms with Gasteiger partial charge in [0.2, 0.25) is 0 Å². The van der Waals surface area contributed by atoms with Crippen molar-refractivity contribution in [3.63, 3.8) is 0 Å². The quantitative estimate of drug-likeness (QED) is 0.605. The number of non-ortho nitro benzene ring substituents is 1. The van der Waals surface area contributed by atoms with Gasteiger partial charge in [-0.1, -0.05) is 0 Å². The van der Waals surface area contributed by atoms with E-state index < -0.39 is 37.6 Å². The number of phenols is 1. The van der Waals surface area contributed by atoms with Crippen LogP contribution in [0.3, 0.4) is 0 Å². The monoisotopic (exact) mass is 380 g/mol. The van der Waals surface area contributed by atoms with Gasteiger partial charge in [0.15, 0.2) is 0 Å². The standard InChI is InChI=1S/C9H13NO.C6H3N3O7/c1-2-6-10(5-1)8-9-4-3-7-11-9;10-6-4(8(13)14)1-3(7(11)12)2-5(6)9(15)16/h3-4,7H,1-2,5-6,8H2;1-2,10H. The van der Waals surface area contributed by atoms with Crippen LogP contribution in [0.4, 0.5) is 17.1 Å². The molecule has 3 rings (SSSR count). The summed E-state index contributed by atoms with van der Waals surface area (Å²) in [6, 6.07) is 4.88. The number of phenolic OH excluding ortho intramolecular Hbond substituents is 1. The fraction of sp³-hybridized carbons (Fsp3) is 0.333. The lowest BCUT2D eigenvalue weighted by Crippen LogP contribution is -2.17. The maximum absolute atomic E-state index is 10.4. The number of nitrogens with zero attached hydrogens (tertiary/aromatic N) is 4. The molecule has 2 heterocycles. The van der Waals surface area contributed by atoms with Crippen molar-refractivity contribution in [2.45, 2.75) is 19.4 Å². The van der Waals surface area contributed by atoms with Crippen molar-refractivity contribution in [1.29, 1.82) is 0 Å². The Morgan fingerprint density at radius 2 is 1.56 bits per heavy atom. The molecule has 144 valence electrons. The summed E-state index contributed by atoms with van der Waals surface area (Å²) in [6.07, 6.45) is 4.44. The molecule has 1 aliphatic rings. The summed E-state index contributed by atoms with van der Waals surface area (Å²) in [5.74, 6) is -0.118.